The van der Waals surface area contributed by atoms with Gasteiger partial charge >= 0.3 is 6.09 Å². The van der Waals surface area contributed by atoms with Crippen LogP contribution in [0.3, 0.4) is 0 Å². The molecule has 5 heteroatoms. The van der Waals surface area contributed by atoms with Crippen molar-refractivity contribution in [2.75, 3.05) is 13.2 Å². The fraction of sp³-hybridized carbons (Fsp3) is 0.188. The van der Waals surface area contributed by atoms with Gasteiger partial charge in [0.05, 0.1) is 12.0 Å². The van der Waals surface area contributed by atoms with Crippen LogP contribution < -0.4 is 10.1 Å². The van der Waals surface area contributed by atoms with Gasteiger partial charge in [-0.3, -0.25) is 0 Å². The quantitative estimate of drug-likeness (QED) is 0.804. The van der Waals surface area contributed by atoms with Crippen LogP contribution in [0.25, 0.3) is 0 Å². The highest BCUT2D eigenvalue weighted by Crippen LogP contribution is 2.15. The lowest BCUT2D eigenvalue weighted by molar-refractivity contribution is 0.137. The topological polar surface area (TPSA) is 47.6 Å². The maximum absolute atomic E-state index is 11.6. The molecule has 0 heterocycles. The molecule has 0 radical (unpaired) electrons. The predicted octanol–water partition coefficient (Wildman–Crippen LogP) is 3.75. The first kappa shape index (κ1) is 10.7. The maximum Gasteiger partial charge on any atom is 0.407 e. The predicted molar refractivity (Wildman–Crippen MR) is 84.3 cm³/mol. The average molecular weight is 354 g/mol. The largest absolute Gasteiger partial charge is 0.492 e. The first-order valence-electron chi connectivity index (χ1n) is 8.25. The molecule has 0 aromatic heterocycles. The van der Waals surface area contributed by atoms with Gasteiger partial charge in [0.25, 0.3) is 0 Å². The third-order valence-corrected chi connectivity index (χ3v) is 2.80. The summed E-state index contributed by atoms with van der Waals surface area (Å²) in [5, 5.41) is 2.49. The number of hydrogen-bond donors (Lipinski definition) is 1. The highest BCUT2D eigenvalue weighted by Gasteiger charge is 2.02. The van der Waals surface area contributed by atoms with Crippen molar-refractivity contribution in [2.24, 2.45) is 0 Å². The molecule has 0 spiro atoms. The van der Waals surface area contributed by atoms with Crippen molar-refractivity contribution in [1.82, 2.24) is 5.32 Å². The highest BCUT2D eigenvalue weighted by molar-refractivity contribution is 9.10. The first-order valence-corrected chi connectivity index (χ1v) is 7.04. The Morgan fingerprint density at radius 2 is 1.90 bits per heavy atom. The van der Waals surface area contributed by atoms with Crippen molar-refractivity contribution >= 4 is 22.0 Å². The Bertz CT molecular complexity index is 730. The summed E-state index contributed by atoms with van der Waals surface area (Å²) in [4.78, 5) is 11.6. The molecule has 21 heavy (non-hydrogen) atoms. The summed E-state index contributed by atoms with van der Waals surface area (Å²) in [5.41, 5.74) is 0.868. The van der Waals surface area contributed by atoms with Gasteiger partial charge in [-0.1, -0.05) is 46.3 Å². The molecule has 2 rings (SSSR count). The summed E-state index contributed by atoms with van der Waals surface area (Å²) in [5.74, 6) is -0.155. The molecule has 0 bridgehead atoms. The fourth-order valence-electron chi connectivity index (χ4n) is 1.44. The second-order valence-electron chi connectivity index (χ2n) is 3.98. The standard InChI is InChI=1S/C16H16BrNO3/c17-14-6-8-15(9-7-14)20-11-10-18-16(19)21-12-13-4-2-1-3-5-13/h1-9H,10-12H2,(H,18,19)/i6D,7D,8D,9D. The van der Waals surface area contributed by atoms with E-state index in [1.165, 1.54) is 0 Å². The second-order valence-corrected chi connectivity index (χ2v) is 4.77. The van der Waals surface area contributed by atoms with Crippen molar-refractivity contribution < 1.29 is 19.8 Å². The molecule has 0 atom stereocenters. The van der Waals surface area contributed by atoms with E-state index in [0.717, 1.165) is 5.56 Å². The van der Waals surface area contributed by atoms with Gasteiger partial charge < -0.3 is 14.8 Å². The summed E-state index contributed by atoms with van der Waals surface area (Å²) in [7, 11) is 0. The van der Waals surface area contributed by atoms with E-state index in [0.29, 0.717) is 0 Å². The highest BCUT2D eigenvalue weighted by atomic mass is 79.9. The number of halogens is 1. The smallest absolute Gasteiger partial charge is 0.407 e. The van der Waals surface area contributed by atoms with Crippen molar-refractivity contribution in [3.63, 3.8) is 0 Å². The van der Waals surface area contributed by atoms with Crippen LogP contribution in [0.4, 0.5) is 4.79 Å². The Kier molecular flexibility index (Phi) is 4.23. The zero-order chi connectivity index (χ0) is 18.4. The van der Waals surface area contributed by atoms with E-state index in [2.05, 4.69) is 21.2 Å². The maximum atomic E-state index is 11.6. The average Bonchev–Trinajstić information content (AvgIpc) is 2.63. The normalized spacial score (nSPS) is 12.6. The minimum absolute atomic E-state index is 0.0152. The van der Waals surface area contributed by atoms with Crippen LogP contribution in [0.5, 0.6) is 5.75 Å². The van der Waals surface area contributed by atoms with Gasteiger partial charge in [0.2, 0.25) is 0 Å². The number of ether oxygens (including phenoxy) is 2. The summed E-state index contributed by atoms with van der Waals surface area (Å²) < 4.78 is 41.4. The zero-order valence-electron chi connectivity index (χ0n) is 15.1. The number of alkyl carbamates (subject to hydrolysis) is 1. The van der Waals surface area contributed by atoms with Crippen LogP contribution in [-0.2, 0) is 11.3 Å². The lowest BCUT2D eigenvalue weighted by atomic mass is 10.2. The van der Waals surface area contributed by atoms with Gasteiger partial charge in [-0.15, -0.1) is 0 Å². The SMILES string of the molecule is [2H]c1c([2H])c(OCCNC(=O)OCc2ccccc2)c([2H])c([2H])c1Br. The van der Waals surface area contributed by atoms with Gasteiger partial charge in [-0.2, -0.15) is 0 Å². The van der Waals surface area contributed by atoms with Gasteiger partial charge in [-0.05, 0) is 29.7 Å². The molecule has 0 fully saturated rings. The van der Waals surface area contributed by atoms with Crippen LogP contribution in [-0.4, -0.2) is 19.2 Å². The molecule has 0 aliphatic heterocycles. The first-order chi connectivity index (χ1) is 11.9. The molecule has 1 N–H and O–H groups in total. The molecule has 2 aromatic carbocycles. The number of nitrogens with one attached hydrogen (secondary N) is 1. The molecule has 0 unspecified atom stereocenters. The van der Waals surface area contributed by atoms with Crippen molar-refractivity contribution in [1.29, 1.82) is 0 Å². The van der Waals surface area contributed by atoms with E-state index in [4.69, 9.17) is 15.0 Å². The number of amides is 1. The molecular weight excluding hydrogens is 334 g/mol. The molecular formula is C16H16BrNO3. The van der Waals surface area contributed by atoms with E-state index in [-0.39, 0.29) is 54.2 Å². The van der Waals surface area contributed by atoms with Crippen LogP contribution in [0.2, 0.25) is 0 Å². The van der Waals surface area contributed by atoms with Gasteiger partial charge in [-0.25, -0.2) is 4.79 Å². The molecule has 0 aliphatic carbocycles. The van der Waals surface area contributed by atoms with Crippen LogP contribution >= 0.6 is 15.9 Å². The van der Waals surface area contributed by atoms with E-state index in [9.17, 15) is 4.79 Å². The van der Waals surface area contributed by atoms with E-state index in [1.807, 2.05) is 30.3 Å². The Morgan fingerprint density at radius 3 is 2.62 bits per heavy atom. The lowest BCUT2D eigenvalue weighted by Gasteiger charge is -2.08. The molecule has 2 aromatic rings. The molecule has 1 amide bonds. The molecule has 0 aliphatic rings. The van der Waals surface area contributed by atoms with Crippen molar-refractivity contribution in [3.8, 4) is 5.75 Å². The van der Waals surface area contributed by atoms with E-state index in [1.54, 1.807) is 0 Å². The number of benzene rings is 2. The van der Waals surface area contributed by atoms with Crippen LogP contribution in [0.1, 0.15) is 11.0 Å². The summed E-state index contributed by atoms with van der Waals surface area (Å²) in [6.45, 7) is 0.236. The van der Waals surface area contributed by atoms with E-state index >= 15 is 0 Å². The monoisotopic (exact) mass is 353 g/mol. The summed E-state index contributed by atoms with van der Waals surface area (Å²) in [6, 6.07) is 8.26. The molecule has 0 saturated carbocycles. The lowest BCUT2D eigenvalue weighted by Crippen LogP contribution is -2.28. The molecule has 110 valence electrons. The Labute approximate surface area is 137 Å². The van der Waals surface area contributed by atoms with Crippen LogP contribution in [0.15, 0.2) is 59.0 Å². The molecule has 0 saturated heterocycles. The van der Waals surface area contributed by atoms with Gasteiger partial charge in [0.15, 0.2) is 0 Å². The fourth-order valence-corrected chi connectivity index (χ4v) is 1.64. The Balaban J connectivity index is 1.81. The minimum Gasteiger partial charge on any atom is -0.492 e. The van der Waals surface area contributed by atoms with Crippen molar-refractivity contribution in [3.05, 3.63) is 64.5 Å². The Morgan fingerprint density at radius 1 is 1.19 bits per heavy atom. The van der Waals surface area contributed by atoms with Crippen LogP contribution in [0, 0.1) is 0 Å². The Hall–Kier alpha value is -2.01. The van der Waals surface area contributed by atoms with Crippen molar-refractivity contribution in [2.45, 2.75) is 6.61 Å². The third kappa shape index (κ3) is 5.87. The number of carbonyl (C=O) groups excluding carboxylic acids is 1. The van der Waals surface area contributed by atoms with E-state index < -0.39 is 6.09 Å². The second kappa shape index (κ2) is 8.32. The summed E-state index contributed by atoms with van der Waals surface area (Å²) >= 11 is 3.01. The summed E-state index contributed by atoms with van der Waals surface area (Å²) in [6.07, 6.45) is -0.609. The minimum atomic E-state index is -0.609. The number of carbonyl (C=O) groups is 1. The van der Waals surface area contributed by atoms with Gasteiger partial charge in [0, 0.05) is 4.47 Å². The zero-order valence-corrected chi connectivity index (χ0v) is 12.7. The van der Waals surface area contributed by atoms with Gasteiger partial charge in [0.1, 0.15) is 19.0 Å². The molecule has 4 nitrogen and oxygen atoms in total. The number of hydrogen-bond acceptors (Lipinski definition) is 3. The third-order valence-electron chi connectivity index (χ3n) is 2.40. The number of rotatable bonds is 6.